The maximum absolute atomic E-state index is 5.91. The standard InChI is InChI=1S/C18H22O4/c1-12-6-17(21-5)18(7-13(12)2)22-11-14-8-15(19-3)10-16(9-14)20-4/h6-10H,11H2,1-5H3. The van der Waals surface area contributed by atoms with Crippen molar-refractivity contribution in [2.75, 3.05) is 21.3 Å². The average Bonchev–Trinajstić information content (AvgIpc) is 2.55. The van der Waals surface area contributed by atoms with Crippen LogP contribution in [-0.4, -0.2) is 21.3 Å². The van der Waals surface area contributed by atoms with Gasteiger partial charge in [0.25, 0.3) is 0 Å². The van der Waals surface area contributed by atoms with Crippen molar-refractivity contribution in [2.45, 2.75) is 20.5 Å². The molecule has 0 saturated heterocycles. The number of hydrogen-bond acceptors (Lipinski definition) is 4. The molecule has 0 bridgehead atoms. The predicted octanol–water partition coefficient (Wildman–Crippen LogP) is 3.91. The van der Waals surface area contributed by atoms with Crippen molar-refractivity contribution in [2.24, 2.45) is 0 Å². The lowest BCUT2D eigenvalue weighted by Gasteiger charge is -2.14. The molecule has 0 saturated carbocycles. The molecule has 0 amide bonds. The van der Waals surface area contributed by atoms with Crippen LogP contribution in [0.3, 0.4) is 0 Å². The number of hydrogen-bond donors (Lipinski definition) is 0. The SMILES string of the molecule is COc1cc(COc2cc(C)c(C)cc2OC)cc(OC)c1. The third-order valence-electron chi connectivity index (χ3n) is 3.59. The fourth-order valence-corrected chi connectivity index (χ4v) is 2.15. The molecule has 0 spiro atoms. The van der Waals surface area contributed by atoms with Crippen molar-refractivity contribution in [3.8, 4) is 23.0 Å². The van der Waals surface area contributed by atoms with Crippen LogP contribution in [0.1, 0.15) is 16.7 Å². The van der Waals surface area contributed by atoms with Crippen LogP contribution >= 0.6 is 0 Å². The summed E-state index contributed by atoms with van der Waals surface area (Å²) in [5, 5.41) is 0. The summed E-state index contributed by atoms with van der Waals surface area (Å²) in [6.07, 6.45) is 0. The first kappa shape index (κ1) is 16.0. The largest absolute Gasteiger partial charge is 0.497 e. The number of methoxy groups -OCH3 is 3. The molecule has 4 heteroatoms. The van der Waals surface area contributed by atoms with Crippen molar-refractivity contribution < 1.29 is 18.9 Å². The van der Waals surface area contributed by atoms with Gasteiger partial charge in [-0.25, -0.2) is 0 Å². The van der Waals surface area contributed by atoms with E-state index in [0.717, 1.165) is 28.6 Å². The molecule has 0 N–H and O–H groups in total. The minimum atomic E-state index is 0.409. The highest BCUT2D eigenvalue weighted by molar-refractivity contribution is 5.47. The van der Waals surface area contributed by atoms with E-state index in [9.17, 15) is 0 Å². The quantitative estimate of drug-likeness (QED) is 0.810. The Morgan fingerprint density at radius 1 is 0.682 bits per heavy atom. The number of ether oxygens (including phenoxy) is 4. The first-order chi connectivity index (χ1) is 10.6. The lowest BCUT2D eigenvalue weighted by Crippen LogP contribution is -2.00. The van der Waals surface area contributed by atoms with Crippen molar-refractivity contribution in [1.29, 1.82) is 0 Å². The maximum atomic E-state index is 5.91. The average molecular weight is 302 g/mol. The Morgan fingerprint density at radius 2 is 1.23 bits per heavy atom. The topological polar surface area (TPSA) is 36.9 Å². The van der Waals surface area contributed by atoms with Gasteiger partial charge in [0.15, 0.2) is 11.5 Å². The van der Waals surface area contributed by atoms with Crippen LogP contribution in [0.15, 0.2) is 30.3 Å². The van der Waals surface area contributed by atoms with Crippen molar-refractivity contribution in [1.82, 2.24) is 0 Å². The fourth-order valence-electron chi connectivity index (χ4n) is 2.15. The summed E-state index contributed by atoms with van der Waals surface area (Å²) in [6, 6.07) is 9.66. The Balaban J connectivity index is 2.21. The van der Waals surface area contributed by atoms with E-state index in [-0.39, 0.29) is 0 Å². The van der Waals surface area contributed by atoms with E-state index in [1.165, 1.54) is 11.1 Å². The molecule has 22 heavy (non-hydrogen) atoms. The van der Waals surface area contributed by atoms with Crippen LogP contribution in [0.4, 0.5) is 0 Å². The van der Waals surface area contributed by atoms with E-state index in [0.29, 0.717) is 6.61 Å². The van der Waals surface area contributed by atoms with Crippen LogP contribution in [0.25, 0.3) is 0 Å². The molecule has 2 aromatic rings. The summed E-state index contributed by atoms with van der Waals surface area (Å²) >= 11 is 0. The summed E-state index contributed by atoms with van der Waals surface area (Å²) in [5.41, 5.74) is 3.31. The molecule has 0 aliphatic carbocycles. The van der Waals surface area contributed by atoms with Gasteiger partial charge in [-0.1, -0.05) is 0 Å². The van der Waals surface area contributed by atoms with E-state index in [4.69, 9.17) is 18.9 Å². The van der Waals surface area contributed by atoms with E-state index in [1.807, 2.05) is 30.3 Å². The molecular weight excluding hydrogens is 280 g/mol. The highest BCUT2D eigenvalue weighted by atomic mass is 16.5. The van der Waals surface area contributed by atoms with Crippen LogP contribution in [-0.2, 0) is 6.61 Å². The Bertz CT molecular complexity index is 628. The summed E-state index contributed by atoms with van der Waals surface area (Å²) in [5.74, 6) is 2.94. The predicted molar refractivity (Wildman–Crippen MR) is 86.3 cm³/mol. The molecule has 4 nitrogen and oxygen atoms in total. The van der Waals surface area contributed by atoms with Gasteiger partial charge < -0.3 is 18.9 Å². The minimum absolute atomic E-state index is 0.409. The second-order valence-electron chi connectivity index (χ2n) is 5.10. The lowest BCUT2D eigenvalue weighted by molar-refractivity contribution is 0.282. The smallest absolute Gasteiger partial charge is 0.161 e. The third-order valence-corrected chi connectivity index (χ3v) is 3.59. The third kappa shape index (κ3) is 3.64. The molecule has 0 atom stereocenters. The van der Waals surface area contributed by atoms with Gasteiger partial charge in [-0.3, -0.25) is 0 Å². The number of rotatable bonds is 6. The van der Waals surface area contributed by atoms with Crippen LogP contribution in [0.5, 0.6) is 23.0 Å². The van der Waals surface area contributed by atoms with Gasteiger partial charge in [-0.15, -0.1) is 0 Å². The Labute approximate surface area is 131 Å². The Hall–Kier alpha value is -2.36. The second kappa shape index (κ2) is 7.07. The van der Waals surface area contributed by atoms with Crippen molar-refractivity contribution in [3.05, 3.63) is 47.0 Å². The second-order valence-corrected chi connectivity index (χ2v) is 5.10. The van der Waals surface area contributed by atoms with Gasteiger partial charge in [0.2, 0.25) is 0 Å². The van der Waals surface area contributed by atoms with E-state index in [1.54, 1.807) is 21.3 Å². The molecule has 0 fully saturated rings. The number of aryl methyl sites for hydroxylation is 2. The van der Waals surface area contributed by atoms with Gasteiger partial charge in [-0.2, -0.15) is 0 Å². The Kier molecular flexibility index (Phi) is 5.15. The molecule has 2 rings (SSSR count). The van der Waals surface area contributed by atoms with Gasteiger partial charge in [0.1, 0.15) is 18.1 Å². The van der Waals surface area contributed by atoms with Gasteiger partial charge in [0.05, 0.1) is 21.3 Å². The van der Waals surface area contributed by atoms with E-state index in [2.05, 4.69) is 13.8 Å². The molecule has 0 radical (unpaired) electrons. The van der Waals surface area contributed by atoms with Crippen LogP contribution < -0.4 is 18.9 Å². The zero-order valence-corrected chi connectivity index (χ0v) is 13.7. The molecule has 0 aromatic heterocycles. The van der Waals surface area contributed by atoms with Crippen molar-refractivity contribution in [3.63, 3.8) is 0 Å². The summed E-state index contributed by atoms with van der Waals surface area (Å²) in [7, 11) is 4.91. The zero-order chi connectivity index (χ0) is 16.1. The fraction of sp³-hybridized carbons (Fsp3) is 0.333. The number of benzene rings is 2. The normalized spacial score (nSPS) is 10.2. The first-order valence-corrected chi connectivity index (χ1v) is 7.07. The summed E-state index contributed by atoms with van der Waals surface area (Å²) in [4.78, 5) is 0. The molecule has 0 unspecified atom stereocenters. The molecular formula is C18H22O4. The molecule has 2 aromatic carbocycles. The maximum Gasteiger partial charge on any atom is 0.161 e. The van der Waals surface area contributed by atoms with Crippen molar-refractivity contribution >= 4 is 0 Å². The molecule has 118 valence electrons. The van der Waals surface area contributed by atoms with E-state index < -0.39 is 0 Å². The highest BCUT2D eigenvalue weighted by Crippen LogP contribution is 2.31. The summed E-state index contributed by atoms with van der Waals surface area (Å²) in [6.45, 7) is 4.51. The van der Waals surface area contributed by atoms with Gasteiger partial charge in [-0.05, 0) is 54.8 Å². The first-order valence-electron chi connectivity index (χ1n) is 7.07. The zero-order valence-electron chi connectivity index (χ0n) is 13.7. The van der Waals surface area contributed by atoms with Gasteiger partial charge in [0, 0.05) is 6.07 Å². The monoisotopic (exact) mass is 302 g/mol. The van der Waals surface area contributed by atoms with E-state index >= 15 is 0 Å². The molecule has 0 aliphatic heterocycles. The van der Waals surface area contributed by atoms with Crippen LogP contribution in [0, 0.1) is 13.8 Å². The minimum Gasteiger partial charge on any atom is -0.497 e. The highest BCUT2D eigenvalue weighted by Gasteiger charge is 2.09. The molecule has 0 aliphatic rings. The Morgan fingerprint density at radius 3 is 1.73 bits per heavy atom. The summed E-state index contributed by atoms with van der Waals surface area (Å²) < 4.78 is 21.8. The van der Waals surface area contributed by atoms with Gasteiger partial charge >= 0.3 is 0 Å². The molecule has 0 heterocycles. The van der Waals surface area contributed by atoms with Crippen LogP contribution in [0.2, 0.25) is 0 Å². The lowest BCUT2D eigenvalue weighted by atomic mass is 10.1.